The van der Waals surface area contributed by atoms with Gasteiger partial charge in [-0.25, -0.2) is 4.79 Å². The third kappa shape index (κ3) is 3.47. The first-order valence-electron chi connectivity index (χ1n) is 6.06. The summed E-state index contributed by atoms with van der Waals surface area (Å²) in [4.78, 5) is 11.7. The molecular weight excluding hydrogens is 228 g/mol. The first kappa shape index (κ1) is 12.4. The molecule has 0 unspecified atom stereocenters. The lowest BCUT2D eigenvalue weighted by Crippen LogP contribution is -2.47. The van der Waals surface area contributed by atoms with E-state index in [0.717, 1.165) is 25.9 Å². The molecule has 0 spiro atoms. The van der Waals surface area contributed by atoms with E-state index in [0.29, 0.717) is 11.3 Å². The van der Waals surface area contributed by atoms with Crippen LogP contribution in [0.3, 0.4) is 0 Å². The van der Waals surface area contributed by atoms with Crippen LogP contribution in [0.5, 0.6) is 0 Å². The van der Waals surface area contributed by atoms with E-state index in [1.165, 1.54) is 0 Å². The number of nitriles is 1. The highest BCUT2D eigenvalue weighted by molar-refractivity contribution is 5.89. The Morgan fingerprint density at radius 3 is 3.11 bits per heavy atom. The number of rotatable bonds is 2. The number of nitrogens with zero attached hydrogens (tertiary/aromatic N) is 1. The summed E-state index contributed by atoms with van der Waals surface area (Å²) in [6, 6.07) is 8.86. The van der Waals surface area contributed by atoms with Crippen LogP contribution in [0.15, 0.2) is 24.3 Å². The van der Waals surface area contributed by atoms with Gasteiger partial charge < -0.3 is 16.0 Å². The van der Waals surface area contributed by atoms with Gasteiger partial charge in [0, 0.05) is 18.3 Å². The molecule has 1 aromatic carbocycles. The summed E-state index contributed by atoms with van der Waals surface area (Å²) in [7, 11) is 0. The summed E-state index contributed by atoms with van der Waals surface area (Å²) >= 11 is 0. The van der Waals surface area contributed by atoms with Gasteiger partial charge in [0.05, 0.1) is 11.6 Å². The summed E-state index contributed by atoms with van der Waals surface area (Å²) < 4.78 is 0. The SMILES string of the molecule is N#Cc1cccc(NC(=O)N[C@H]2CCCNC2)c1. The molecule has 18 heavy (non-hydrogen) atoms. The van der Waals surface area contributed by atoms with Gasteiger partial charge in [0.1, 0.15) is 0 Å². The number of hydrogen-bond acceptors (Lipinski definition) is 3. The molecule has 3 N–H and O–H groups in total. The Hall–Kier alpha value is -2.06. The Bertz CT molecular complexity index is 460. The predicted octanol–water partition coefficient (Wildman–Crippen LogP) is 1.43. The highest BCUT2D eigenvalue weighted by atomic mass is 16.2. The van der Waals surface area contributed by atoms with E-state index < -0.39 is 0 Å². The van der Waals surface area contributed by atoms with Gasteiger partial charge in [-0.2, -0.15) is 5.26 Å². The fourth-order valence-corrected chi connectivity index (χ4v) is 1.99. The average Bonchev–Trinajstić information content (AvgIpc) is 2.40. The molecule has 0 radical (unpaired) electrons. The normalized spacial score (nSPS) is 18.7. The molecule has 1 aromatic rings. The van der Waals surface area contributed by atoms with Crippen LogP contribution in [-0.4, -0.2) is 25.2 Å². The fraction of sp³-hybridized carbons (Fsp3) is 0.385. The van der Waals surface area contributed by atoms with Gasteiger partial charge in [0.15, 0.2) is 0 Å². The second kappa shape index (κ2) is 6.03. The fourth-order valence-electron chi connectivity index (χ4n) is 1.99. The molecule has 2 amide bonds. The second-order valence-corrected chi connectivity index (χ2v) is 4.33. The van der Waals surface area contributed by atoms with Gasteiger partial charge >= 0.3 is 6.03 Å². The standard InChI is InChI=1S/C13H16N4O/c14-8-10-3-1-4-11(7-10)16-13(18)17-12-5-2-6-15-9-12/h1,3-4,7,12,15H,2,5-6,9H2,(H2,16,17,18)/t12-/m0/s1. The maximum absolute atomic E-state index is 11.7. The van der Waals surface area contributed by atoms with Crippen LogP contribution in [0.2, 0.25) is 0 Å². The van der Waals surface area contributed by atoms with E-state index >= 15 is 0 Å². The summed E-state index contributed by atoms with van der Waals surface area (Å²) in [5.41, 5.74) is 1.17. The minimum absolute atomic E-state index is 0.179. The highest BCUT2D eigenvalue weighted by Crippen LogP contribution is 2.09. The van der Waals surface area contributed by atoms with Gasteiger partial charge in [-0.15, -0.1) is 0 Å². The molecular formula is C13H16N4O. The quantitative estimate of drug-likeness (QED) is 0.736. The average molecular weight is 244 g/mol. The van der Waals surface area contributed by atoms with Crippen LogP contribution in [-0.2, 0) is 0 Å². The van der Waals surface area contributed by atoms with Crippen LogP contribution in [0.4, 0.5) is 10.5 Å². The summed E-state index contributed by atoms with van der Waals surface area (Å²) in [5, 5.41) is 17.7. The summed E-state index contributed by atoms with van der Waals surface area (Å²) in [5.74, 6) is 0. The van der Waals surface area contributed by atoms with Gasteiger partial charge in [-0.3, -0.25) is 0 Å². The largest absolute Gasteiger partial charge is 0.334 e. The Balaban J connectivity index is 1.88. The van der Waals surface area contributed by atoms with E-state index in [-0.39, 0.29) is 12.1 Å². The van der Waals surface area contributed by atoms with E-state index in [1.54, 1.807) is 24.3 Å². The van der Waals surface area contributed by atoms with Crippen molar-refractivity contribution in [2.75, 3.05) is 18.4 Å². The molecule has 0 aliphatic carbocycles. The molecule has 1 aliphatic heterocycles. The lowest BCUT2D eigenvalue weighted by Gasteiger charge is -2.23. The maximum Gasteiger partial charge on any atom is 0.319 e. The van der Waals surface area contributed by atoms with Gasteiger partial charge in [0.25, 0.3) is 0 Å². The molecule has 0 saturated carbocycles. The first-order chi connectivity index (χ1) is 8.78. The molecule has 1 atom stereocenters. The van der Waals surface area contributed by atoms with E-state index in [1.807, 2.05) is 6.07 Å². The number of benzene rings is 1. The van der Waals surface area contributed by atoms with Crippen molar-refractivity contribution < 1.29 is 4.79 Å². The van der Waals surface area contributed by atoms with E-state index in [4.69, 9.17) is 5.26 Å². The minimum Gasteiger partial charge on any atom is -0.334 e. The van der Waals surface area contributed by atoms with Gasteiger partial charge in [0.2, 0.25) is 0 Å². The van der Waals surface area contributed by atoms with Crippen LogP contribution < -0.4 is 16.0 Å². The predicted molar refractivity (Wildman–Crippen MR) is 69.2 cm³/mol. The lowest BCUT2D eigenvalue weighted by molar-refractivity contribution is 0.245. The van der Waals surface area contributed by atoms with Crippen LogP contribution in [0, 0.1) is 11.3 Å². The van der Waals surface area contributed by atoms with Crippen molar-refractivity contribution in [3.63, 3.8) is 0 Å². The molecule has 0 bridgehead atoms. The van der Waals surface area contributed by atoms with E-state index in [9.17, 15) is 4.79 Å². The van der Waals surface area contributed by atoms with Crippen molar-refractivity contribution in [1.82, 2.24) is 10.6 Å². The summed E-state index contributed by atoms with van der Waals surface area (Å²) in [6.45, 7) is 1.83. The zero-order valence-electron chi connectivity index (χ0n) is 10.1. The van der Waals surface area contributed by atoms with E-state index in [2.05, 4.69) is 16.0 Å². The van der Waals surface area contributed by atoms with Crippen molar-refractivity contribution in [3.05, 3.63) is 29.8 Å². The molecule has 0 aromatic heterocycles. The molecule has 1 heterocycles. The molecule has 5 nitrogen and oxygen atoms in total. The number of anilines is 1. The smallest absolute Gasteiger partial charge is 0.319 e. The topological polar surface area (TPSA) is 77.0 Å². The Kier molecular flexibility index (Phi) is 4.15. The summed E-state index contributed by atoms with van der Waals surface area (Å²) in [6.07, 6.45) is 2.08. The molecule has 1 fully saturated rings. The molecule has 1 saturated heterocycles. The monoisotopic (exact) mass is 244 g/mol. The number of urea groups is 1. The van der Waals surface area contributed by atoms with Gasteiger partial charge in [-0.05, 0) is 37.6 Å². The number of amides is 2. The Morgan fingerprint density at radius 2 is 2.39 bits per heavy atom. The van der Waals surface area contributed by atoms with Crippen molar-refractivity contribution in [2.24, 2.45) is 0 Å². The van der Waals surface area contributed by atoms with Crippen molar-refractivity contribution >= 4 is 11.7 Å². The highest BCUT2D eigenvalue weighted by Gasteiger charge is 2.15. The lowest BCUT2D eigenvalue weighted by atomic mass is 10.1. The van der Waals surface area contributed by atoms with Gasteiger partial charge in [-0.1, -0.05) is 6.07 Å². The first-order valence-corrected chi connectivity index (χ1v) is 6.06. The minimum atomic E-state index is -0.223. The second-order valence-electron chi connectivity index (χ2n) is 4.33. The number of carbonyl (C=O) groups excluding carboxylic acids is 1. The van der Waals surface area contributed by atoms with Crippen LogP contribution >= 0.6 is 0 Å². The molecule has 94 valence electrons. The molecule has 2 rings (SSSR count). The van der Waals surface area contributed by atoms with Crippen molar-refractivity contribution in [3.8, 4) is 6.07 Å². The number of piperidine rings is 1. The van der Waals surface area contributed by atoms with Crippen LogP contribution in [0.1, 0.15) is 18.4 Å². The number of carbonyl (C=O) groups is 1. The van der Waals surface area contributed by atoms with Crippen molar-refractivity contribution in [1.29, 1.82) is 5.26 Å². The zero-order chi connectivity index (χ0) is 12.8. The van der Waals surface area contributed by atoms with Crippen LogP contribution in [0.25, 0.3) is 0 Å². The Morgan fingerprint density at radius 1 is 1.50 bits per heavy atom. The third-order valence-electron chi connectivity index (χ3n) is 2.88. The zero-order valence-corrected chi connectivity index (χ0v) is 10.1. The molecule has 1 aliphatic rings. The third-order valence-corrected chi connectivity index (χ3v) is 2.88. The molecule has 5 heteroatoms. The Labute approximate surface area is 106 Å². The maximum atomic E-state index is 11.7. The number of nitrogens with one attached hydrogen (secondary N) is 3. The number of hydrogen-bond donors (Lipinski definition) is 3. The van der Waals surface area contributed by atoms with Crippen molar-refractivity contribution in [2.45, 2.75) is 18.9 Å².